The predicted octanol–water partition coefficient (Wildman–Crippen LogP) is 3.59. The number of rotatable bonds is 8. The number of amides is 1. The number of benzene rings is 2. The van der Waals surface area contributed by atoms with Gasteiger partial charge in [-0.2, -0.15) is 0 Å². The highest BCUT2D eigenvalue weighted by atomic mass is 16.5. The molecule has 0 aliphatic heterocycles. The maximum absolute atomic E-state index is 12.0. The van der Waals surface area contributed by atoms with Crippen molar-refractivity contribution in [2.24, 2.45) is 0 Å². The molecule has 0 fully saturated rings. The van der Waals surface area contributed by atoms with Crippen molar-refractivity contribution in [2.75, 3.05) is 18.5 Å². The Morgan fingerprint density at radius 3 is 2.77 bits per heavy atom. The highest BCUT2D eigenvalue weighted by Gasteiger charge is 2.09. The smallest absolute Gasteiger partial charge is 0.290 e. The number of H-pyrrole nitrogens is 1. The summed E-state index contributed by atoms with van der Waals surface area (Å²) in [5.74, 6) is 1.04. The first-order valence-corrected chi connectivity index (χ1v) is 11.0. The molecule has 0 aliphatic carbocycles. The molecular weight excluding hydrogens is 446 g/mol. The quantitative estimate of drug-likeness (QED) is 0.309. The van der Waals surface area contributed by atoms with E-state index in [1.807, 2.05) is 50.3 Å². The van der Waals surface area contributed by atoms with Crippen LogP contribution in [0.15, 0.2) is 65.9 Å². The number of aryl methyl sites for hydroxylation is 2. The number of nitrogens with one attached hydrogen (secondary N) is 3. The Labute approximate surface area is 201 Å². The van der Waals surface area contributed by atoms with Crippen LogP contribution in [0.1, 0.15) is 16.7 Å². The zero-order valence-corrected chi connectivity index (χ0v) is 19.3. The van der Waals surface area contributed by atoms with Gasteiger partial charge in [0.1, 0.15) is 24.5 Å². The monoisotopic (exact) mass is 471 g/mol. The Morgan fingerprint density at radius 2 is 1.97 bits per heavy atom. The summed E-state index contributed by atoms with van der Waals surface area (Å²) in [6, 6.07) is 13.1. The number of anilines is 2. The van der Waals surface area contributed by atoms with Crippen LogP contribution in [0, 0.1) is 13.8 Å². The molecule has 4 rings (SSSR count). The van der Waals surface area contributed by atoms with Gasteiger partial charge in [0.05, 0.1) is 5.52 Å². The van der Waals surface area contributed by atoms with Crippen molar-refractivity contribution in [2.45, 2.75) is 13.8 Å². The number of carbonyl (C=O) groups is 1. The van der Waals surface area contributed by atoms with Crippen LogP contribution in [-0.2, 0) is 4.79 Å². The summed E-state index contributed by atoms with van der Waals surface area (Å²) in [6.07, 6.45) is 6.81. The number of aromatic nitrogens is 3. The van der Waals surface area contributed by atoms with E-state index in [2.05, 4.69) is 25.6 Å². The van der Waals surface area contributed by atoms with Crippen LogP contribution in [0.5, 0.6) is 11.5 Å². The summed E-state index contributed by atoms with van der Waals surface area (Å²) >= 11 is 0. The maximum Gasteiger partial charge on any atom is 0.290 e. The Hall–Kier alpha value is -4.50. The summed E-state index contributed by atoms with van der Waals surface area (Å²) < 4.78 is 5.84. The molecule has 0 aliphatic rings. The molecule has 0 spiro atoms. The van der Waals surface area contributed by atoms with E-state index < -0.39 is 12.5 Å². The van der Waals surface area contributed by atoms with E-state index in [1.165, 1.54) is 6.33 Å². The minimum atomic E-state index is -0.535. The van der Waals surface area contributed by atoms with Crippen molar-refractivity contribution in [1.82, 2.24) is 20.3 Å². The lowest BCUT2D eigenvalue weighted by Crippen LogP contribution is -2.25. The van der Waals surface area contributed by atoms with E-state index in [-0.39, 0.29) is 11.3 Å². The third kappa shape index (κ3) is 5.90. The maximum atomic E-state index is 12.0. The standard InChI is InChI=1S/C26H25N5O4/c1-16-10-23(26(34)28-13-16)35-22-8-6-19(11-17(22)2)31-25-20-12-18(4-3-9-27-24(33)14-32)5-7-21(20)29-15-30-25/h3-8,10-13,15,32H,9,14H2,1-2H3,(H,27,33)(H,28,34)(H,29,30,31)/b4-3+. The van der Waals surface area contributed by atoms with E-state index in [1.54, 1.807) is 24.4 Å². The number of hydrogen-bond donors (Lipinski definition) is 4. The van der Waals surface area contributed by atoms with Crippen LogP contribution >= 0.6 is 0 Å². The van der Waals surface area contributed by atoms with Crippen LogP contribution in [0.25, 0.3) is 17.0 Å². The third-order valence-electron chi connectivity index (χ3n) is 5.20. The van der Waals surface area contributed by atoms with Gasteiger partial charge in [0.15, 0.2) is 5.75 Å². The Balaban J connectivity index is 1.54. The molecule has 4 aromatic rings. The van der Waals surface area contributed by atoms with Gasteiger partial charge in [-0.1, -0.05) is 18.2 Å². The fourth-order valence-electron chi connectivity index (χ4n) is 3.44. The topological polar surface area (TPSA) is 129 Å². The number of fused-ring (bicyclic) bond motifs is 1. The lowest BCUT2D eigenvalue weighted by Gasteiger charge is -2.12. The van der Waals surface area contributed by atoms with E-state index >= 15 is 0 Å². The van der Waals surface area contributed by atoms with Crippen molar-refractivity contribution < 1.29 is 14.6 Å². The van der Waals surface area contributed by atoms with Gasteiger partial charge in [-0.3, -0.25) is 9.59 Å². The minimum absolute atomic E-state index is 0.243. The van der Waals surface area contributed by atoms with Crippen molar-refractivity contribution in [3.8, 4) is 11.5 Å². The number of ether oxygens (including phenoxy) is 1. The molecule has 0 saturated heterocycles. The Kier molecular flexibility index (Phi) is 7.18. The molecule has 2 aromatic carbocycles. The first-order chi connectivity index (χ1) is 16.9. The molecule has 0 bridgehead atoms. The molecule has 9 nitrogen and oxygen atoms in total. The van der Waals surface area contributed by atoms with E-state index in [9.17, 15) is 9.59 Å². The first-order valence-electron chi connectivity index (χ1n) is 11.0. The molecule has 0 unspecified atom stereocenters. The SMILES string of the molecule is Cc1c[nH]c(=O)c(Oc2ccc(Nc3ncnc4ccc(/C=C/CNC(=O)CO)cc34)cc2C)c1. The lowest BCUT2D eigenvalue weighted by atomic mass is 10.1. The molecule has 0 atom stereocenters. The van der Waals surface area contributed by atoms with Gasteiger partial charge in [0.2, 0.25) is 5.91 Å². The number of pyridine rings is 1. The zero-order chi connectivity index (χ0) is 24.8. The predicted molar refractivity (Wildman–Crippen MR) is 135 cm³/mol. The van der Waals surface area contributed by atoms with Gasteiger partial charge >= 0.3 is 0 Å². The molecule has 35 heavy (non-hydrogen) atoms. The lowest BCUT2D eigenvalue weighted by molar-refractivity contribution is -0.123. The third-order valence-corrected chi connectivity index (χ3v) is 5.20. The van der Waals surface area contributed by atoms with Gasteiger partial charge in [-0.15, -0.1) is 0 Å². The van der Waals surface area contributed by atoms with Crippen LogP contribution in [0.3, 0.4) is 0 Å². The minimum Gasteiger partial charge on any atom is -0.451 e. The molecular formula is C26H25N5O4. The fraction of sp³-hybridized carbons (Fsp3) is 0.154. The summed E-state index contributed by atoms with van der Waals surface area (Å²) in [4.78, 5) is 34.6. The van der Waals surface area contributed by atoms with Gasteiger partial charge < -0.3 is 25.5 Å². The van der Waals surface area contributed by atoms with Crippen LogP contribution in [0.4, 0.5) is 11.5 Å². The molecule has 0 radical (unpaired) electrons. The van der Waals surface area contributed by atoms with Crippen LogP contribution in [0.2, 0.25) is 0 Å². The average molecular weight is 472 g/mol. The second kappa shape index (κ2) is 10.6. The number of hydrogen-bond acceptors (Lipinski definition) is 7. The average Bonchev–Trinajstić information content (AvgIpc) is 2.85. The van der Waals surface area contributed by atoms with E-state index in [4.69, 9.17) is 9.84 Å². The molecule has 4 N–H and O–H groups in total. The van der Waals surface area contributed by atoms with Crippen molar-refractivity contribution in [3.63, 3.8) is 0 Å². The van der Waals surface area contributed by atoms with Crippen molar-refractivity contribution >= 4 is 34.4 Å². The fourth-order valence-corrected chi connectivity index (χ4v) is 3.44. The summed E-state index contributed by atoms with van der Waals surface area (Å²) in [7, 11) is 0. The molecule has 2 aromatic heterocycles. The first kappa shape index (κ1) is 23.7. The second-order valence-electron chi connectivity index (χ2n) is 7.94. The van der Waals surface area contributed by atoms with Gasteiger partial charge in [-0.25, -0.2) is 9.97 Å². The zero-order valence-electron chi connectivity index (χ0n) is 19.3. The van der Waals surface area contributed by atoms with E-state index in [0.717, 1.165) is 33.3 Å². The second-order valence-corrected chi connectivity index (χ2v) is 7.94. The van der Waals surface area contributed by atoms with Gasteiger partial charge in [0.25, 0.3) is 5.56 Å². The number of carbonyl (C=O) groups excluding carboxylic acids is 1. The highest BCUT2D eigenvalue weighted by Crippen LogP contribution is 2.29. The van der Waals surface area contributed by atoms with E-state index in [0.29, 0.717) is 18.1 Å². The van der Waals surface area contributed by atoms with Crippen LogP contribution in [-0.4, -0.2) is 39.1 Å². The molecule has 178 valence electrons. The normalized spacial score (nSPS) is 11.1. The molecule has 1 amide bonds. The molecule has 9 heteroatoms. The summed E-state index contributed by atoms with van der Waals surface area (Å²) in [5, 5.41) is 15.5. The molecule has 0 saturated carbocycles. The Morgan fingerprint density at radius 1 is 1.11 bits per heavy atom. The number of aliphatic hydroxyl groups is 1. The summed E-state index contributed by atoms with van der Waals surface area (Å²) in [5.41, 5.74) is 3.96. The van der Waals surface area contributed by atoms with Crippen molar-refractivity contribution in [1.29, 1.82) is 0 Å². The Bertz CT molecular complexity index is 1460. The van der Waals surface area contributed by atoms with Gasteiger partial charge in [-0.05, 0) is 66.9 Å². The number of aromatic amines is 1. The summed E-state index contributed by atoms with van der Waals surface area (Å²) in [6.45, 7) is 3.56. The van der Waals surface area contributed by atoms with Crippen molar-refractivity contribution in [3.05, 3.63) is 88.1 Å². The number of aliphatic hydroxyl groups excluding tert-OH is 1. The molecule has 2 heterocycles. The van der Waals surface area contributed by atoms with Crippen LogP contribution < -0.4 is 20.9 Å². The largest absolute Gasteiger partial charge is 0.451 e. The van der Waals surface area contributed by atoms with Gasteiger partial charge in [0, 0.05) is 23.8 Å². The highest BCUT2D eigenvalue weighted by molar-refractivity contribution is 5.92. The number of nitrogens with zero attached hydrogens (tertiary/aromatic N) is 2.